The van der Waals surface area contributed by atoms with Crippen molar-refractivity contribution in [1.29, 1.82) is 0 Å². The molecule has 5 unspecified atom stereocenters. The third-order valence-electron chi connectivity index (χ3n) is 6.76. The molecular weight excluding hydrogens is 492 g/mol. The van der Waals surface area contributed by atoms with Crippen LogP contribution in [0.25, 0.3) is 0 Å². The van der Waals surface area contributed by atoms with Gasteiger partial charge in [-0.15, -0.1) is 0 Å². The molecule has 1 heterocycles. The summed E-state index contributed by atoms with van der Waals surface area (Å²) in [5.41, 5.74) is 2.91. The zero-order valence-electron chi connectivity index (χ0n) is 20.2. The highest BCUT2D eigenvalue weighted by molar-refractivity contribution is 7.83. The van der Waals surface area contributed by atoms with Crippen molar-refractivity contribution in [3.05, 3.63) is 89.5 Å². The van der Waals surface area contributed by atoms with Crippen molar-refractivity contribution in [3.8, 4) is 11.5 Å². The molecule has 0 saturated carbocycles. The monoisotopic (exact) mass is 522 g/mol. The number of aliphatic hydroxyl groups is 2. The Morgan fingerprint density at radius 3 is 2.62 bits per heavy atom. The van der Waals surface area contributed by atoms with Crippen molar-refractivity contribution < 1.29 is 28.7 Å². The predicted molar refractivity (Wildman–Crippen MR) is 138 cm³/mol. The van der Waals surface area contributed by atoms with Gasteiger partial charge in [-0.1, -0.05) is 54.6 Å². The number of benzene rings is 3. The van der Waals surface area contributed by atoms with Gasteiger partial charge in [0.15, 0.2) is 11.5 Å². The molecule has 1 aliphatic heterocycles. The number of nitrogens with one attached hydrogen (secondary N) is 2. The second-order valence-electron chi connectivity index (χ2n) is 9.36. The van der Waals surface area contributed by atoms with E-state index in [1.165, 1.54) is 0 Å². The first kappa shape index (κ1) is 25.4. The van der Waals surface area contributed by atoms with Crippen LogP contribution in [0.2, 0.25) is 0 Å². The van der Waals surface area contributed by atoms with Crippen LogP contribution in [0, 0.1) is 5.92 Å². The molecule has 0 saturated heterocycles. The van der Waals surface area contributed by atoms with E-state index in [9.17, 15) is 19.2 Å². The highest BCUT2D eigenvalue weighted by atomic mass is 32.2. The number of hydrogen-bond acceptors (Lipinski definition) is 6. The first-order valence-corrected chi connectivity index (χ1v) is 13.5. The van der Waals surface area contributed by atoms with Crippen LogP contribution in [-0.4, -0.2) is 45.9 Å². The first-order valence-electron chi connectivity index (χ1n) is 12.3. The minimum Gasteiger partial charge on any atom is -0.454 e. The zero-order valence-corrected chi connectivity index (χ0v) is 21.0. The second-order valence-corrected chi connectivity index (χ2v) is 10.7. The smallest absolute Gasteiger partial charge is 0.231 e. The number of amides is 1. The van der Waals surface area contributed by atoms with Gasteiger partial charge in [0.05, 0.1) is 23.1 Å². The third kappa shape index (κ3) is 6.02. The summed E-state index contributed by atoms with van der Waals surface area (Å²) in [4.78, 5) is 13.9. The number of carbonyl (C=O) groups is 1. The highest BCUT2D eigenvalue weighted by Gasteiger charge is 2.34. The van der Waals surface area contributed by atoms with E-state index in [1.807, 2.05) is 54.6 Å². The van der Waals surface area contributed by atoms with Crippen LogP contribution in [0.4, 0.5) is 0 Å². The Kier molecular flexibility index (Phi) is 7.85. The van der Waals surface area contributed by atoms with Gasteiger partial charge in [0.2, 0.25) is 12.7 Å². The minimum atomic E-state index is -1.57. The lowest BCUT2D eigenvalue weighted by atomic mass is 9.92. The molecule has 4 N–H and O–H groups in total. The normalized spacial score (nSPS) is 20.2. The molecule has 1 amide bonds. The molecule has 0 spiro atoms. The van der Waals surface area contributed by atoms with Crippen LogP contribution in [-0.2, 0) is 28.6 Å². The largest absolute Gasteiger partial charge is 0.454 e. The molecule has 3 aromatic rings. The third-order valence-corrected chi connectivity index (χ3v) is 7.87. The van der Waals surface area contributed by atoms with Gasteiger partial charge in [0.25, 0.3) is 0 Å². The average Bonchev–Trinajstić information content (AvgIpc) is 3.51. The molecule has 3 aromatic carbocycles. The molecule has 0 aromatic heterocycles. The molecule has 9 heteroatoms. The van der Waals surface area contributed by atoms with E-state index in [1.54, 1.807) is 18.2 Å². The Morgan fingerprint density at radius 1 is 1.03 bits per heavy atom. The van der Waals surface area contributed by atoms with Gasteiger partial charge < -0.3 is 25.0 Å². The number of fused-ring (bicyclic) bond motifs is 2. The van der Waals surface area contributed by atoms with Crippen LogP contribution in [0.1, 0.15) is 29.2 Å². The Hall–Kier alpha value is -3.24. The maximum atomic E-state index is 13.4. The maximum Gasteiger partial charge on any atom is 0.231 e. The van der Waals surface area contributed by atoms with E-state index < -0.39 is 35.2 Å². The average molecular weight is 523 g/mol. The molecule has 1 aliphatic carbocycles. The lowest BCUT2D eigenvalue weighted by molar-refractivity contribution is -0.127. The Morgan fingerprint density at radius 2 is 1.78 bits per heavy atom. The lowest BCUT2D eigenvalue weighted by Gasteiger charge is -2.24. The van der Waals surface area contributed by atoms with Crippen molar-refractivity contribution in [2.75, 3.05) is 13.3 Å². The van der Waals surface area contributed by atoms with Gasteiger partial charge in [0, 0.05) is 24.9 Å². The number of rotatable bonds is 10. The number of carbonyl (C=O) groups excluding carboxylic acids is 1. The minimum absolute atomic E-state index is 0.0362. The summed E-state index contributed by atoms with van der Waals surface area (Å²) in [5, 5.41) is 24.4. The van der Waals surface area contributed by atoms with Gasteiger partial charge in [-0.05, 0) is 41.7 Å². The van der Waals surface area contributed by atoms with Crippen molar-refractivity contribution >= 4 is 16.9 Å². The van der Waals surface area contributed by atoms with Crippen LogP contribution < -0.4 is 19.5 Å². The van der Waals surface area contributed by atoms with Crippen LogP contribution >= 0.6 is 0 Å². The summed E-state index contributed by atoms with van der Waals surface area (Å²) in [6, 6.07) is 21.9. The van der Waals surface area contributed by atoms with Crippen LogP contribution in [0.3, 0.4) is 0 Å². The van der Waals surface area contributed by atoms with Crippen LogP contribution in [0.15, 0.2) is 77.7 Å². The molecular formula is C28H30N2O6S. The standard InChI is InChI=1S/C28H30N2O6S/c31-21(16-29-37(34)22-10-11-25-26(15-22)36-17-35-25)13-20(12-18-6-2-1-3-7-18)28(33)30-27-23-9-5-4-8-19(23)14-24(27)32/h1-11,15,20-21,24,27,29,31-32H,12-14,16-17H2,(H,30,33). The van der Waals surface area contributed by atoms with E-state index in [0.29, 0.717) is 29.2 Å². The summed E-state index contributed by atoms with van der Waals surface area (Å²) in [7, 11) is -1.57. The van der Waals surface area contributed by atoms with Crippen molar-refractivity contribution in [2.24, 2.45) is 5.92 Å². The van der Waals surface area contributed by atoms with Gasteiger partial charge in [-0.25, -0.2) is 8.93 Å². The summed E-state index contributed by atoms with van der Waals surface area (Å²) < 4.78 is 26.2. The molecule has 0 radical (unpaired) electrons. The van der Waals surface area contributed by atoms with Crippen molar-refractivity contribution in [3.63, 3.8) is 0 Å². The summed E-state index contributed by atoms with van der Waals surface area (Å²) >= 11 is 0. The quantitative estimate of drug-likeness (QED) is 0.325. The summed E-state index contributed by atoms with van der Waals surface area (Å²) in [6.45, 7) is 0.167. The van der Waals surface area contributed by atoms with E-state index in [2.05, 4.69) is 10.0 Å². The highest BCUT2D eigenvalue weighted by Crippen LogP contribution is 2.33. The molecule has 8 nitrogen and oxygen atoms in total. The Labute approximate surface area is 218 Å². The topological polar surface area (TPSA) is 117 Å². The van der Waals surface area contributed by atoms with E-state index >= 15 is 0 Å². The zero-order chi connectivity index (χ0) is 25.8. The molecule has 5 atom stereocenters. The van der Waals surface area contributed by atoms with E-state index in [4.69, 9.17) is 9.47 Å². The van der Waals surface area contributed by atoms with Crippen molar-refractivity contribution in [1.82, 2.24) is 10.0 Å². The summed E-state index contributed by atoms with van der Waals surface area (Å²) in [6.07, 6.45) is -0.536. The SMILES string of the molecule is O=C(NC1c2ccccc2CC1O)C(Cc1ccccc1)CC(O)CNS(=O)c1ccc2c(c1)OCO2. The fourth-order valence-electron chi connectivity index (χ4n) is 4.86. The maximum absolute atomic E-state index is 13.4. The Balaban J connectivity index is 1.23. The number of hydrogen-bond donors (Lipinski definition) is 4. The van der Waals surface area contributed by atoms with E-state index in [0.717, 1.165) is 16.7 Å². The fraction of sp³-hybridized carbons (Fsp3) is 0.321. The summed E-state index contributed by atoms with van der Waals surface area (Å²) in [5.74, 6) is 0.354. The lowest BCUT2D eigenvalue weighted by Crippen LogP contribution is -2.40. The first-order chi connectivity index (χ1) is 18.0. The predicted octanol–water partition coefficient (Wildman–Crippen LogP) is 2.41. The second kappa shape index (κ2) is 11.4. The van der Waals surface area contributed by atoms with Crippen LogP contribution in [0.5, 0.6) is 11.5 Å². The molecule has 5 rings (SSSR count). The molecule has 37 heavy (non-hydrogen) atoms. The number of ether oxygens (including phenoxy) is 2. The van der Waals surface area contributed by atoms with Gasteiger partial charge in [0.1, 0.15) is 11.0 Å². The fourth-order valence-corrected chi connectivity index (χ4v) is 5.78. The Bertz CT molecular complexity index is 1270. The van der Waals surface area contributed by atoms with E-state index in [-0.39, 0.29) is 25.7 Å². The molecule has 2 aliphatic rings. The number of aliphatic hydroxyl groups excluding tert-OH is 2. The van der Waals surface area contributed by atoms with Crippen molar-refractivity contribution in [2.45, 2.75) is 42.4 Å². The van der Waals surface area contributed by atoms with Gasteiger partial charge in [-0.3, -0.25) is 4.79 Å². The van der Waals surface area contributed by atoms with Gasteiger partial charge in [-0.2, -0.15) is 0 Å². The molecule has 0 fully saturated rings. The van der Waals surface area contributed by atoms with Gasteiger partial charge >= 0.3 is 0 Å². The molecule has 0 bridgehead atoms. The molecule has 194 valence electrons.